The van der Waals surface area contributed by atoms with Gasteiger partial charge >= 0.3 is 0 Å². The summed E-state index contributed by atoms with van der Waals surface area (Å²) in [7, 11) is -3.49. The average Bonchev–Trinajstić information content (AvgIpc) is 3.04. The molecule has 2 rings (SSSR count). The van der Waals surface area contributed by atoms with E-state index in [0.29, 0.717) is 19.5 Å². The maximum atomic E-state index is 12.2. The summed E-state index contributed by atoms with van der Waals surface area (Å²) in [6.07, 6.45) is 7.93. The van der Waals surface area contributed by atoms with Gasteiger partial charge in [0.1, 0.15) is 4.90 Å². The fraction of sp³-hybridized carbons (Fsp3) is 0.769. The molecular formula is C13H23N3O3S. The van der Waals surface area contributed by atoms with Crippen molar-refractivity contribution in [3.63, 3.8) is 0 Å². The topological polar surface area (TPSA) is 84.2 Å². The van der Waals surface area contributed by atoms with Crippen molar-refractivity contribution < 1.29 is 13.5 Å². The number of aryl methyl sites for hydroxylation is 1. The van der Waals surface area contributed by atoms with Crippen molar-refractivity contribution in [2.24, 2.45) is 5.41 Å². The van der Waals surface area contributed by atoms with Crippen molar-refractivity contribution in [3.05, 3.63) is 12.4 Å². The van der Waals surface area contributed by atoms with Crippen molar-refractivity contribution in [2.45, 2.75) is 50.5 Å². The van der Waals surface area contributed by atoms with Gasteiger partial charge in [-0.3, -0.25) is 4.68 Å². The molecule has 0 unspecified atom stereocenters. The molecule has 0 aromatic carbocycles. The van der Waals surface area contributed by atoms with E-state index < -0.39 is 10.0 Å². The van der Waals surface area contributed by atoms with Crippen molar-refractivity contribution in [1.82, 2.24) is 14.5 Å². The predicted molar refractivity (Wildman–Crippen MR) is 75.7 cm³/mol. The Morgan fingerprint density at radius 1 is 1.45 bits per heavy atom. The molecule has 1 saturated carbocycles. The molecule has 20 heavy (non-hydrogen) atoms. The molecule has 0 bridgehead atoms. The molecule has 0 aliphatic heterocycles. The standard InChI is InChI=1S/C13H23N3O3S/c1-13(5-2-3-6-13)11-15-20(18,19)12-9-14-16(10-12)7-4-8-17/h9-10,15,17H,2-8,11H2,1H3. The van der Waals surface area contributed by atoms with E-state index in [9.17, 15) is 8.42 Å². The lowest BCUT2D eigenvalue weighted by atomic mass is 9.89. The van der Waals surface area contributed by atoms with E-state index in [4.69, 9.17) is 5.11 Å². The fourth-order valence-electron chi connectivity index (χ4n) is 2.60. The van der Waals surface area contributed by atoms with Crippen LogP contribution in [0.15, 0.2) is 17.3 Å². The zero-order chi connectivity index (χ0) is 14.6. The van der Waals surface area contributed by atoms with Crippen LogP contribution in [0.1, 0.15) is 39.0 Å². The highest BCUT2D eigenvalue weighted by Crippen LogP contribution is 2.36. The van der Waals surface area contributed by atoms with Crippen molar-refractivity contribution >= 4 is 10.0 Å². The van der Waals surface area contributed by atoms with Gasteiger partial charge in [-0.15, -0.1) is 0 Å². The van der Waals surface area contributed by atoms with E-state index in [1.165, 1.54) is 25.2 Å². The van der Waals surface area contributed by atoms with E-state index in [1.807, 2.05) is 0 Å². The van der Waals surface area contributed by atoms with Crippen LogP contribution in [-0.4, -0.2) is 36.5 Å². The number of aliphatic hydroxyl groups excluding tert-OH is 1. The van der Waals surface area contributed by atoms with Crippen LogP contribution in [0.4, 0.5) is 0 Å². The Kier molecular flexibility index (Phi) is 4.82. The highest BCUT2D eigenvalue weighted by Gasteiger charge is 2.30. The first kappa shape index (κ1) is 15.5. The molecule has 0 saturated heterocycles. The summed E-state index contributed by atoms with van der Waals surface area (Å²) in [4.78, 5) is 0.192. The fourth-order valence-corrected chi connectivity index (χ4v) is 3.75. The van der Waals surface area contributed by atoms with Crippen LogP contribution in [0, 0.1) is 5.41 Å². The number of hydrogen-bond donors (Lipinski definition) is 2. The van der Waals surface area contributed by atoms with E-state index in [0.717, 1.165) is 12.8 Å². The van der Waals surface area contributed by atoms with Gasteiger partial charge in [0, 0.05) is 25.9 Å². The van der Waals surface area contributed by atoms with Crippen LogP contribution in [0.3, 0.4) is 0 Å². The smallest absolute Gasteiger partial charge is 0.243 e. The van der Waals surface area contributed by atoms with Crippen LogP contribution < -0.4 is 4.72 Å². The molecule has 0 radical (unpaired) electrons. The van der Waals surface area contributed by atoms with Crippen molar-refractivity contribution in [2.75, 3.05) is 13.2 Å². The van der Waals surface area contributed by atoms with Crippen LogP contribution in [0.2, 0.25) is 0 Å². The molecule has 1 aliphatic rings. The van der Waals surface area contributed by atoms with Gasteiger partial charge in [0.2, 0.25) is 10.0 Å². The maximum Gasteiger partial charge on any atom is 0.243 e. The first-order valence-electron chi connectivity index (χ1n) is 7.08. The zero-order valence-corrected chi connectivity index (χ0v) is 12.7. The number of aliphatic hydroxyl groups is 1. The molecule has 0 amide bonds. The molecule has 6 nitrogen and oxygen atoms in total. The molecule has 1 heterocycles. The first-order valence-corrected chi connectivity index (χ1v) is 8.57. The number of nitrogens with one attached hydrogen (secondary N) is 1. The highest BCUT2D eigenvalue weighted by atomic mass is 32.2. The number of sulfonamides is 1. The summed E-state index contributed by atoms with van der Waals surface area (Å²) in [6.45, 7) is 3.20. The second-order valence-corrected chi connectivity index (χ2v) is 7.63. The summed E-state index contributed by atoms with van der Waals surface area (Å²) in [6, 6.07) is 0. The molecule has 0 spiro atoms. The quantitative estimate of drug-likeness (QED) is 0.790. The van der Waals surface area contributed by atoms with Crippen molar-refractivity contribution in [1.29, 1.82) is 0 Å². The van der Waals surface area contributed by atoms with E-state index in [-0.39, 0.29) is 16.9 Å². The van der Waals surface area contributed by atoms with Crippen LogP contribution in [0.25, 0.3) is 0 Å². The van der Waals surface area contributed by atoms with Crippen LogP contribution in [-0.2, 0) is 16.6 Å². The van der Waals surface area contributed by atoms with Gasteiger partial charge in [0.25, 0.3) is 0 Å². The summed E-state index contributed by atoms with van der Waals surface area (Å²) in [5.74, 6) is 0. The van der Waals surface area contributed by atoms with E-state index in [1.54, 1.807) is 4.68 Å². The highest BCUT2D eigenvalue weighted by molar-refractivity contribution is 7.89. The Balaban J connectivity index is 1.97. The number of rotatable bonds is 7. The molecule has 1 aromatic rings. The Morgan fingerprint density at radius 3 is 2.80 bits per heavy atom. The van der Waals surface area contributed by atoms with Gasteiger partial charge in [-0.2, -0.15) is 5.10 Å². The SMILES string of the molecule is CC1(CNS(=O)(=O)c2cnn(CCCO)c2)CCCC1. The first-order chi connectivity index (χ1) is 9.45. The van der Waals surface area contributed by atoms with Gasteiger partial charge in [-0.05, 0) is 24.7 Å². The lowest BCUT2D eigenvalue weighted by Gasteiger charge is -2.23. The Labute approximate surface area is 120 Å². The third-order valence-corrected chi connectivity index (χ3v) is 5.32. The predicted octanol–water partition coefficient (Wildman–Crippen LogP) is 1.12. The second-order valence-electron chi connectivity index (χ2n) is 5.86. The second kappa shape index (κ2) is 6.24. The van der Waals surface area contributed by atoms with E-state index >= 15 is 0 Å². The Bertz CT molecular complexity index is 533. The Morgan fingerprint density at radius 2 is 2.15 bits per heavy atom. The zero-order valence-electron chi connectivity index (χ0n) is 11.9. The minimum absolute atomic E-state index is 0.0680. The lowest BCUT2D eigenvalue weighted by Crippen LogP contribution is -2.34. The summed E-state index contributed by atoms with van der Waals surface area (Å²) in [5, 5.41) is 12.8. The Hall–Kier alpha value is -0.920. The number of hydrogen-bond acceptors (Lipinski definition) is 4. The molecular weight excluding hydrogens is 278 g/mol. The molecule has 2 N–H and O–H groups in total. The monoisotopic (exact) mass is 301 g/mol. The molecule has 1 fully saturated rings. The van der Waals surface area contributed by atoms with Gasteiger partial charge in [0.05, 0.1) is 6.20 Å². The summed E-state index contributed by atoms with van der Waals surface area (Å²) >= 11 is 0. The molecule has 0 atom stereocenters. The normalized spacial score (nSPS) is 18.5. The average molecular weight is 301 g/mol. The molecule has 1 aromatic heterocycles. The van der Waals surface area contributed by atoms with E-state index in [2.05, 4.69) is 16.7 Å². The minimum atomic E-state index is -3.49. The minimum Gasteiger partial charge on any atom is -0.396 e. The molecule has 1 aliphatic carbocycles. The number of nitrogens with zero attached hydrogens (tertiary/aromatic N) is 2. The van der Waals surface area contributed by atoms with Gasteiger partial charge in [-0.25, -0.2) is 13.1 Å². The van der Waals surface area contributed by atoms with Crippen LogP contribution in [0.5, 0.6) is 0 Å². The summed E-state index contributed by atoms with van der Waals surface area (Å²) in [5.41, 5.74) is 0.0833. The molecule has 7 heteroatoms. The van der Waals surface area contributed by atoms with Crippen molar-refractivity contribution in [3.8, 4) is 0 Å². The van der Waals surface area contributed by atoms with Crippen LogP contribution >= 0.6 is 0 Å². The number of aromatic nitrogens is 2. The maximum absolute atomic E-state index is 12.2. The molecule has 114 valence electrons. The van der Waals surface area contributed by atoms with Gasteiger partial charge in [-0.1, -0.05) is 19.8 Å². The third-order valence-electron chi connectivity index (χ3n) is 3.96. The van der Waals surface area contributed by atoms with Gasteiger partial charge < -0.3 is 5.11 Å². The van der Waals surface area contributed by atoms with Gasteiger partial charge in [0.15, 0.2) is 0 Å². The largest absolute Gasteiger partial charge is 0.396 e. The lowest BCUT2D eigenvalue weighted by molar-refractivity contribution is 0.277. The third kappa shape index (κ3) is 3.80. The summed E-state index contributed by atoms with van der Waals surface area (Å²) < 4.78 is 28.6.